The van der Waals surface area contributed by atoms with E-state index in [4.69, 9.17) is 0 Å². The van der Waals surface area contributed by atoms with Crippen molar-refractivity contribution in [3.63, 3.8) is 0 Å². The van der Waals surface area contributed by atoms with Crippen LogP contribution < -0.4 is 0 Å². The Morgan fingerprint density at radius 2 is 2.07 bits per heavy atom. The number of hydrogen-bond donors (Lipinski definition) is 0. The van der Waals surface area contributed by atoms with Gasteiger partial charge in [0.05, 0.1) is 19.6 Å². The van der Waals surface area contributed by atoms with Crippen LogP contribution in [-0.4, -0.2) is 60.6 Å². The molecule has 1 aliphatic rings. The van der Waals surface area contributed by atoms with Crippen LogP contribution in [0.2, 0.25) is 0 Å². The maximum absolute atomic E-state index is 11.3. The van der Waals surface area contributed by atoms with Gasteiger partial charge in [0, 0.05) is 19.5 Å². The van der Waals surface area contributed by atoms with E-state index in [1.54, 1.807) is 0 Å². The van der Waals surface area contributed by atoms with Gasteiger partial charge in [-0.3, -0.25) is 19.4 Å². The smallest absolute Gasteiger partial charge is 0.160 e. The molecule has 0 amide bonds. The van der Waals surface area contributed by atoms with Gasteiger partial charge in [-0.25, -0.2) is 0 Å². The molecule has 0 radical (unpaired) electrons. The van der Waals surface area contributed by atoms with Gasteiger partial charge in [0.15, 0.2) is 5.78 Å². The molecule has 0 aromatic rings. The number of likely N-dealkylation sites (tertiary alicyclic amines) is 1. The second-order valence-corrected chi connectivity index (χ2v) is 4.01. The van der Waals surface area contributed by atoms with Crippen LogP contribution in [0.4, 0.5) is 0 Å². The predicted octanol–water partition coefficient (Wildman–Crippen LogP) is 0.172. The molecule has 15 heavy (non-hydrogen) atoms. The van der Waals surface area contributed by atoms with E-state index in [1.807, 2.05) is 6.92 Å². The van der Waals surface area contributed by atoms with Crippen molar-refractivity contribution < 1.29 is 9.59 Å². The van der Waals surface area contributed by atoms with Crippen molar-refractivity contribution in [3.8, 4) is 0 Å². The number of Topliss-reactive ketones (excluding diaryl/α,β-unsaturated/α-hetero) is 2. The number of ketones is 2. The molecule has 0 atom stereocenters. The molecule has 0 N–H and O–H groups in total. The molecule has 1 rings (SSSR count). The molecule has 0 saturated carbocycles. The Labute approximate surface area is 91.2 Å². The quantitative estimate of drug-likeness (QED) is 0.603. The monoisotopic (exact) mass is 212 g/mol. The lowest BCUT2D eigenvalue weighted by Gasteiger charge is -2.31. The Morgan fingerprint density at radius 1 is 1.40 bits per heavy atom. The fraction of sp³-hybridized carbons (Fsp3) is 0.818. The summed E-state index contributed by atoms with van der Waals surface area (Å²) in [6, 6.07) is 0. The fourth-order valence-corrected chi connectivity index (χ4v) is 1.60. The van der Waals surface area contributed by atoms with Gasteiger partial charge >= 0.3 is 0 Å². The third kappa shape index (κ3) is 4.10. The molecule has 0 bridgehead atoms. The average molecular weight is 212 g/mol. The molecule has 1 fully saturated rings. The molecule has 86 valence electrons. The van der Waals surface area contributed by atoms with Crippen LogP contribution in [-0.2, 0) is 9.59 Å². The van der Waals surface area contributed by atoms with Gasteiger partial charge in [0.1, 0.15) is 5.78 Å². The zero-order chi connectivity index (χ0) is 11.3. The van der Waals surface area contributed by atoms with E-state index in [1.165, 1.54) is 0 Å². The van der Waals surface area contributed by atoms with E-state index in [9.17, 15) is 9.59 Å². The van der Waals surface area contributed by atoms with Gasteiger partial charge in [0.2, 0.25) is 0 Å². The molecule has 1 aliphatic heterocycles. The minimum atomic E-state index is 0.288. The van der Waals surface area contributed by atoms with Gasteiger partial charge in [0.25, 0.3) is 0 Å². The molecule has 4 heteroatoms. The Hall–Kier alpha value is -0.740. The van der Waals surface area contributed by atoms with Crippen LogP contribution in [0.15, 0.2) is 0 Å². The highest BCUT2D eigenvalue weighted by atomic mass is 16.1. The number of likely N-dealkylation sites (N-methyl/N-ethyl adjacent to an activating group) is 1. The second-order valence-electron chi connectivity index (χ2n) is 4.01. The minimum absolute atomic E-state index is 0.288. The van der Waals surface area contributed by atoms with Gasteiger partial charge in [-0.15, -0.1) is 0 Å². The highest BCUT2D eigenvalue weighted by Crippen LogP contribution is 2.02. The summed E-state index contributed by atoms with van der Waals surface area (Å²) < 4.78 is 0. The zero-order valence-corrected chi connectivity index (χ0v) is 9.66. The second kappa shape index (κ2) is 5.98. The SMILES string of the molecule is CCC(=O)CN(CC)CCN1CC(=O)C1. The number of hydrogen-bond acceptors (Lipinski definition) is 4. The molecule has 0 spiro atoms. The van der Waals surface area contributed by atoms with Crippen LogP contribution in [0.5, 0.6) is 0 Å². The van der Waals surface area contributed by atoms with Crippen molar-refractivity contribution in [3.05, 3.63) is 0 Å². The highest BCUT2D eigenvalue weighted by molar-refractivity contribution is 5.87. The summed E-state index contributed by atoms with van der Waals surface area (Å²) >= 11 is 0. The Kier molecular flexibility index (Phi) is 4.91. The Balaban J connectivity index is 2.16. The van der Waals surface area contributed by atoms with E-state index in [-0.39, 0.29) is 5.78 Å². The Morgan fingerprint density at radius 3 is 2.53 bits per heavy atom. The summed E-state index contributed by atoms with van der Waals surface area (Å²) in [6.45, 7) is 8.38. The summed E-state index contributed by atoms with van der Waals surface area (Å²) in [4.78, 5) is 26.2. The number of rotatable bonds is 7. The molecule has 0 aromatic carbocycles. The maximum Gasteiger partial charge on any atom is 0.160 e. The molecule has 1 saturated heterocycles. The fourth-order valence-electron chi connectivity index (χ4n) is 1.60. The van der Waals surface area contributed by atoms with Crippen LogP contribution in [0, 0.1) is 0 Å². The zero-order valence-electron chi connectivity index (χ0n) is 9.66. The van der Waals surface area contributed by atoms with E-state index in [2.05, 4.69) is 16.7 Å². The molecular formula is C11H20N2O2. The Bertz CT molecular complexity index is 233. The van der Waals surface area contributed by atoms with Crippen LogP contribution in [0.3, 0.4) is 0 Å². The van der Waals surface area contributed by atoms with Crippen LogP contribution in [0.1, 0.15) is 20.3 Å². The molecule has 0 aliphatic carbocycles. The molecule has 4 nitrogen and oxygen atoms in total. The topological polar surface area (TPSA) is 40.6 Å². The van der Waals surface area contributed by atoms with Crippen LogP contribution in [0.25, 0.3) is 0 Å². The summed E-state index contributed by atoms with van der Waals surface area (Å²) in [5, 5.41) is 0. The largest absolute Gasteiger partial charge is 0.298 e. The normalized spacial score (nSPS) is 16.9. The predicted molar refractivity (Wildman–Crippen MR) is 58.9 cm³/mol. The first-order valence-corrected chi connectivity index (χ1v) is 5.63. The van der Waals surface area contributed by atoms with Gasteiger partial charge < -0.3 is 0 Å². The van der Waals surface area contributed by atoms with Gasteiger partial charge in [-0.05, 0) is 6.54 Å². The standard InChI is InChI=1S/C11H20N2O2/c1-3-10(14)7-12(4-2)5-6-13-8-11(15)9-13/h3-9H2,1-2H3. The van der Waals surface area contributed by atoms with Crippen molar-refractivity contribution in [2.75, 3.05) is 39.3 Å². The summed E-state index contributed by atoms with van der Waals surface area (Å²) in [6.07, 6.45) is 0.610. The van der Waals surface area contributed by atoms with Gasteiger partial charge in [-0.2, -0.15) is 0 Å². The summed E-state index contributed by atoms with van der Waals surface area (Å²) in [7, 11) is 0. The summed E-state index contributed by atoms with van der Waals surface area (Å²) in [5.74, 6) is 0.610. The number of carbonyl (C=O) groups is 2. The lowest BCUT2D eigenvalue weighted by Crippen LogP contribution is -2.50. The molecule has 1 heterocycles. The first kappa shape index (κ1) is 12.3. The molecular weight excluding hydrogens is 192 g/mol. The van der Waals surface area contributed by atoms with Gasteiger partial charge in [-0.1, -0.05) is 13.8 Å². The first-order chi connectivity index (χ1) is 7.15. The van der Waals surface area contributed by atoms with E-state index in [0.717, 1.165) is 19.6 Å². The first-order valence-electron chi connectivity index (χ1n) is 5.63. The van der Waals surface area contributed by atoms with E-state index < -0.39 is 0 Å². The van der Waals surface area contributed by atoms with E-state index in [0.29, 0.717) is 31.8 Å². The van der Waals surface area contributed by atoms with Crippen molar-refractivity contribution in [1.82, 2.24) is 9.80 Å². The lowest BCUT2D eigenvalue weighted by molar-refractivity contribution is -0.129. The van der Waals surface area contributed by atoms with Crippen molar-refractivity contribution >= 4 is 11.6 Å². The third-order valence-corrected chi connectivity index (χ3v) is 2.77. The van der Waals surface area contributed by atoms with E-state index >= 15 is 0 Å². The van der Waals surface area contributed by atoms with Crippen LogP contribution >= 0.6 is 0 Å². The minimum Gasteiger partial charge on any atom is -0.298 e. The number of carbonyl (C=O) groups excluding carboxylic acids is 2. The highest BCUT2D eigenvalue weighted by Gasteiger charge is 2.23. The van der Waals surface area contributed by atoms with Crippen molar-refractivity contribution in [1.29, 1.82) is 0 Å². The maximum atomic E-state index is 11.3. The molecule has 0 aromatic heterocycles. The third-order valence-electron chi connectivity index (χ3n) is 2.77. The summed E-state index contributed by atoms with van der Waals surface area (Å²) in [5.41, 5.74) is 0. The van der Waals surface area contributed by atoms with Crippen molar-refractivity contribution in [2.24, 2.45) is 0 Å². The number of nitrogens with zero attached hydrogens (tertiary/aromatic N) is 2. The molecule has 0 unspecified atom stereocenters. The van der Waals surface area contributed by atoms with Crippen molar-refractivity contribution in [2.45, 2.75) is 20.3 Å². The lowest BCUT2D eigenvalue weighted by atomic mass is 10.2. The average Bonchev–Trinajstić information content (AvgIpc) is 2.20.